The van der Waals surface area contributed by atoms with Crippen molar-refractivity contribution in [3.63, 3.8) is 0 Å². The number of fused-ring (bicyclic) bond motifs is 6. The molecule has 4 N–H and O–H groups in total. The predicted molar refractivity (Wildman–Crippen MR) is 251 cm³/mol. The molecule has 11 fully saturated rings. The number of hydrogen-bond acceptors (Lipinski definition) is 16. The molecule has 11 aliphatic heterocycles. The van der Waals surface area contributed by atoms with Crippen LogP contribution in [0.5, 0.6) is 0 Å². The number of ketones is 1. The number of carbonyl (C=O) groups excluding carboxylic acids is 1. The van der Waals surface area contributed by atoms with Crippen molar-refractivity contribution in [3.8, 4) is 0 Å². The Morgan fingerprint density at radius 2 is 1.23 bits per heavy atom. The maximum Gasteiger partial charge on any atom is 0.416 e. The quantitative estimate of drug-likeness (QED) is 0.157. The molecule has 0 saturated carbocycles. The molecule has 0 aromatic heterocycles. The molecule has 0 aromatic carbocycles. The standard InChI is InChI=1S/C41H57F3O12.C12H21F3O4/c1-18-11-22-5-7-27-19(2)12-24(49-27)9-10-40-17-32-35(55-40)36-37(54-32)38(56-40)34-28(53-36)8-6-23(51-34)13-21(45)14-25-30(16-29(50-22)20(18)3)52-31(33(25)48-4)15-26(46)39(47)41(42,43)44;1-4-8-6(2)10(18-3)9(19-8)5-7(16)11(17)12(13,14)15/h18,22-39,46-47H,2-3,5-17H2,1,4H3;6-11,16-17H,4-5H2,1-3H3/t18?,22?,23?,24?,25?,26?,27?,28?,29?,30?,31?,32?,33?,34?,35?,36-,37?,38?,39?,40?;/m0./s1. The van der Waals surface area contributed by atoms with E-state index in [1.807, 2.05) is 13.8 Å². The van der Waals surface area contributed by atoms with Crippen LogP contribution in [-0.4, -0.2) is 193 Å². The molecule has 0 radical (unpaired) electrons. The summed E-state index contributed by atoms with van der Waals surface area (Å²) in [6.45, 7) is 14.7. The Balaban J connectivity index is 0.000000308. The molecule has 0 aromatic rings. The first-order chi connectivity index (χ1) is 35.4. The summed E-state index contributed by atoms with van der Waals surface area (Å²) in [6.07, 6.45) is -19.9. The molecule has 25 unspecified atom stereocenters. The van der Waals surface area contributed by atoms with Gasteiger partial charge in [0.2, 0.25) is 0 Å². The molecule has 16 nitrogen and oxygen atoms in total. The number of Topliss-reactive ketones (excluding diaryl/α,β-unsaturated/α-hetero) is 1. The zero-order chi connectivity index (χ0) is 54.1. The highest BCUT2D eigenvalue weighted by Gasteiger charge is 2.69. The van der Waals surface area contributed by atoms with Crippen LogP contribution in [0, 0.1) is 17.8 Å². The lowest BCUT2D eigenvalue weighted by Crippen LogP contribution is -2.61. The van der Waals surface area contributed by atoms with Crippen molar-refractivity contribution in [2.75, 3.05) is 14.2 Å². The number of methoxy groups -OCH3 is 2. The first-order valence-electron chi connectivity index (χ1n) is 27.1. The molecular weight excluding hydrogens is 1010 g/mol. The summed E-state index contributed by atoms with van der Waals surface area (Å²) < 4.78 is 147. The van der Waals surface area contributed by atoms with E-state index in [1.54, 1.807) is 0 Å². The number of hydrogen-bond donors (Lipinski definition) is 4. The number of aliphatic hydroxyl groups is 4. The monoisotopic (exact) mass is 1080 g/mol. The van der Waals surface area contributed by atoms with Crippen LogP contribution in [0.1, 0.15) is 117 Å². The fraction of sp³-hybridized carbons (Fsp3) is 0.906. The van der Waals surface area contributed by atoms with E-state index in [0.29, 0.717) is 32.1 Å². The molecule has 12 bridgehead atoms. The van der Waals surface area contributed by atoms with Crippen LogP contribution in [0.25, 0.3) is 0 Å². The lowest BCUT2D eigenvalue weighted by molar-refractivity contribution is -0.292. The van der Waals surface area contributed by atoms with E-state index in [2.05, 4.69) is 20.1 Å². The lowest BCUT2D eigenvalue weighted by atomic mass is 9.81. The first kappa shape index (κ1) is 57.8. The molecule has 428 valence electrons. The number of alkyl halides is 6. The van der Waals surface area contributed by atoms with Gasteiger partial charge in [-0.25, -0.2) is 0 Å². The number of rotatable bonds is 9. The number of halogens is 6. The largest absolute Gasteiger partial charge is 0.416 e. The average Bonchev–Trinajstić information content (AvgIpc) is 4.10. The summed E-state index contributed by atoms with van der Waals surface area (Å²) in [5.74, 6) is -1.37. The highest BCUT2D eigenvalue weighted by molar-refractivity contribution is 5.79. The van der Waals surface area contributed by atoms with Gasteiger partial charge in [0.05, 0.1) is 91.6 Å². The fourth-order valence-electron chi connectivity index (χ4n) is 14.1. The lowest BCUT2D eigenvalue weighted by Gasteiger charge is -2.47. The van der Waals surface area contributed by atoms with Gasteiger partial charge in [-0.3, -0.25) is 4.79 Å². The summed E-state index contributed by atoms with van der Waals surface area (Å²) in [5, 5.41) is 38.8. The van der Waals surface area contributed by atoms with E-state index in [1.165, 1.54) is 14.2 Å². The summed E-state index contributed by atoms with van der Waals surface area (Å²) in [4.78, 5) is 14.1. The fourth-order valence-corrected chi connectivity index (χ4v) is 14.1. The summed E-state index contributed by atoms with van der Waals surface area (Å²) in [6, 6.07) is 0. The van der Waals surface area contributed by atoms with Crippen molar-refractivity contribution in [2.24, 2.45) is 17.8 Å². The molecule has 26 atom stereocenters. The molecule has 22 heteroatoms. The second kappa shape index (κ2) is 22.9. The molecule has 11 aliphatic rings. The normalized spacial score (nSPS) is 46.6. The van der Waals surface area contributed by atoms with Gasteiger partial charge in [0.15, 0.2) is 18.0 Å². The number of aliphatic hydroxyl groups excluding tert-OH is 4. The van der Waals surface area contributed by atoms with Crippen LogP contribution in [0.4, 0.5) is 26.3 Å². The van der Waals surface area contributed by atoms with Crippen molar-refractivity contribution in [3.05, 3.63) is 24.3 Å². The van der Waals surface area contributed by atoms with Crippen molar-refractivity contribution < 1.29 is 104 Å². The van der Waals surface area contributed by atoms with Gasteiger partial charge >= 0.3 is 12.4 Å². The Morgan fingerprint density at radius 1 is 0.627 bits per heavy atom. The molecular formula is C53H78F6O16. The first-order valence-corrected chi connectivity index (χ1v) is 27.1. The molecule has 11 heterocycles. The second-order valence-corrected chi connectivity index (χ2v) is 23.1. The molecule has 11 saturated heterocycles. The van der Waals surface area contributed by atoms with E-state index in [0.717, 1.165) is 49.7 Å². The number of carbonyl (C=O) groups is 1. The minimum atomic E-state index is -5.02. The van der Waals surface area contributed by atoms with Gasteiger partial charge in [-0.05, 0) is 68.4 Å². The summed E-state index contributed by atoms with van der Waals surface area (Å²) in [7, 11) is 2.88. The third-order valence-electron chi connectivity index (χ3n) is 18.0. The van der Waals surface area contributed by atoms with Gasteiger partial charge in [-0.2, -0.15) is 26.3 Å². The smallest absolute Gasteiger partial charge is 0.390 e. The SMILES string of the molecule is C=C1CC2CCC34CC5OC6C(O3)C3OC(CCC3O[C@H]6C5O4)CC(=O)CC3C(CC4OC(CCC1O2)CC(C)C4=C)OC(CC(O)C(O)C(F)(F)F)C3OC.CCC1OC(CC(O)C(O)C(F)(F)F)C(OC)C1C. The van der Waals surface area contributed by atoms with E-state index in [-0.39, 0.29) is 97.9 Å². The molecule has 11 rings (SSSR count). The Bertz CT molecular complexity index is 2000. The zero-order valence-electron chi connectivity index (χ0n) is 43.4. The molecule has 0 amide bonds. The van der Waals surface area contributed by atoms with Crippen LogP contribution < -0.4 is 0 Å². The maximum absolute atomic E-state index is 14.1. The van der Waals surface area contributed by atoms with Crippen LogP contribution >= 0.6 is 0 Å². The van der Waals surface area contributed by atoms with Crippen molar-refractivity contribution in [1.29, 1.82) is 0 Å². The minimum Gasteiger partial charge on any atom is -0.390 e. The number of ether oxygens (including phenoxy) is 11. The maximum atomic E-state index is 14.1. The Morgan fingerprint density at radius 3 is 1.88 bits per heavy atom. The molecule has 0 aliphatic carbocycles. The van der Waals surface area contributed by atoms with Crippen molar-refractivity contribution >= 4 is 5.78 Å². The Hall–Kier alpha value is -1.87. The molecule has 75 heavy (non-hydrogen) atoms. The summed E-state index contributed by atoms with van der Waals surface area (Å²) >= 11 is 0. The highest BCUT2D eigenvalue weighted by Crippen LogP contribution is 2.55. The minimum absolute atomic E-state index is 0.0105. The topological polar surface area (TPSA) is 200 Å². The van der Waals surface area contributed by atoms with Crippen LogP contribution in [0.3, 0.4) is 0 Å². The van der Waals surface area contributed by atoms with Gasteiger partial charge in [0.1, 0.15) is 36.3 Å². The van der Waals surface area contributed by atoms with Crippen molar-refractivity contribution in [2.45, 2.75) is 270 Å². The van der Waals surface area contributed by atoms with Crippen LogP contribution in [-0.2, 0) is 56.9 Å². The van der Waals surface area contributed by atoms with E-state index < -0.39 is 104 Å². The third-order valence-corrected chi connectivity index (χ3v) is 18.0. The highest BCUT2D eigenvalue weighted by atomic mass is 19.4. The third kappa shape index (κ3) is 12.1. The van der Waals surface area contributed by atoms with E-state index >= 15 is 0 Å². The van der Waals surface area contributed by atoms with Gasteiger partial charge in [0, 0.05) is 71.0 Å². The molecule has 1 spiro atoms. The predicted octanol–water partition coefficient (Wildman–Crippen LogP) is 5.89. The van der Waals surface area contributed by atoms with Crippen molar-refractivity contribution in [1.82, 2.24) is 0 Å². The Labute approximate surface area is 434 Å². The van der Waals surface area contributed by atoms with Gasteiger partial charge in [-0.15, -0.1) is 0 Å². The average molecular weight is 1090 g/mol. The van der Waals surface area contributed by atoms with Crippen LogP contribution in [0.15, 0.2) is 24.3 Å². The van der Waals surface area contributed by atoms with E-state index in [4.69, 9.17) is 57.2 Å². The Kier molecular flexibility index (Phi) is 17.7. The van der Waals surface area contributed by atoms with Crippen LogP contribution in [0.2, 0.25) is 0 Å². The second-order valence-electron chi connectivity index (χ2n) is 23.1. The van der Waals surface area contributed by atoms with E-state index in [9.17, 15) is 46.5 Å². The van der Waals surface area contributed by atoms with Gasteiger partial charge in [-0.1, -0.05) is 33.9 Å². The van der Waals surface area contributed by atoms with Gasteiger partial charge in [0.25, 0.3) is 0 Å². The zero-order valence-corrected chi connectivity index (χ0v) is 43.4. The van der Waals surface area contributed by atoms with Gasteiger partial charge < -0.3 is 72.5 Å². The summed E-state index contributed by atoms with van der Waals surface area (Å²) in [5.41, 5.74) is 1.95.